The molecule has 5 atom stereocenters. The Hall–Kier alpha value is -4.12. The van der Waals surface area contributed by atoms with Crippen molar-refractivity contribution in [3.63, 3.8) is 0 Å². The third-order valence-electron chi connectivity index (χ3n) is 9.03. The zero-order chi connectivity index (χ0) is 36.2. The Morgan fingerprint density at radius 1 is 1.02 bits per heavy atom. The molecular weight excluding hydrogens is 654 g/mol. The third-order valence-corrected chi connectivity index (χ3v) is 9.03. The molecule has 15 heteroatoms. The smallest absolute Gasteiger partial charge is 0.252 e. The Morgan fingerprint density at radius 3 is 2.44 bits per heavy atom. The minimum atomic E-state index is -2.25. The predicted octanol–water partition coefficient (Wildman–Crippen LogP) is 1.36. The summed E-state index contributed by atoms with van der Waals surface area (Å²) in [6, 6.07) is 4.43. The predicted molar refractivity (Wildman–Crippen MR) is 176 cm³/mol. The molecule has 2 aromatic carbocycles. The van der Waals surface area contributed by atoms with Crippen LogP contribution in [0.15, 0.2) is 18.2 Å². The number of likely N-dealkylation sites (N-methyl/N-ethyl adjacent to an activating group) is 1. The zero-order valence-corrected chi connectivity index (χ0v) is 28.6. The van der Waals surface area contributed by atoms with Crippen LogP contribution in [0.2, 0.25) is 0 Å². The van der Waals surface area contributed by atoms with Crippen LogP contribution in [0.5, 0.6) is 17.2 Å². The lowest BCUT2D eigenvalue weighted by molar-refractivity contribution is -0.233. The number of hydrogen-bond donors (Lipinski definition) is 6. The quantitative estimate of drug-likeness (QED) is 0.175. The average Bonchev–Trinajstić information content (AvgIpc) is 3.12. The number of phenols is 2. The van der Waals surface area contributed by atoms with Crippen molar-refractivity contribution in [2.24, 2.45) is 0 Å². The van der Waals surface area contributed by atoms with Gasteiger partial charge >= 0.3 is 0 Å². The summed E-state index contributed by atoms with van der Waals surface area (Å²) >= 11 is 0. The van der Waals surface area contributed by atoms with Gasteiger partial charge in [0.25, 0.3) is 5.91 Å². The molecule has 6 N–H and O–H groups in total. The van der Waals surface area contributed by atoms with Gasteiger partial charge in [-0.15, -0.1) is 0 Å². The monoisotopic (exact) mass is 699 g/mol. The number of amides is 2. The fourth-order valence-corrected chi connectivity index (χ4v) is 6.75. The lowest BCUT2D eigenvalue weighted by Gasteiger charge is -2.41. The number of ether oxygens (including phenoxy) is 5. The summed E-state index contributed by atoms with van der Waals surface area (Å²) < 4.78 is 29.0. The second-order valence-electron chi connectivity index (χ2n) is 12.2. The summed E-state index contributed by atoms with van der Waals surface area (Å²) in [5.41, 5.74) is -3.46. The molecule has 0 aromatic heterocycles. The molecule has 2 aliphatic carbocycles. The number of morpholine rings is 1. The number of phenolic OH excluding ortho intramolecular Hbond substituents is 2. The standard InChI is InChI=1S/C33H39N3O12.C2H6/c1-3-34-21(37)13-36-32(42)33(43)11-18-25(20(12-33)48-23-8-7-16(14-46-23)47-22-15-45-10-9-35-22)31(41)27-26(29(18)39)28(38)17-5-4-6-19(44-2)24(17)30(27)40;1-2/h4-6,16,20,22-23,35,39,41,43H,3,7-15H2,1-2H3,(H,34,37)(H,36,42);1-2H3/t16-,20-,22?,23?,33-;/m0./s1. The van der Waals surface area contributed by atoms with Gasteiger partial charge in [0.15, 0.2) is 12.1 Å². The van der Waals surface area contributed by atoms with Crippen LogP contribution >= 0.6 is 0 Å². The maximum Gasteiger partial charge on any atom is 0.252 e. The summed E-state index contributed by atoms with van der Waals surface area (Å²) in [5.74, 6) is -4.09. The molecule has 6 rings (SSSR count). The first kappa shape index (κ1) is 37.1. The molecule has 2 saturated heterocycles. The number of aromatic hydroxyl groups is 2. The summed E-state index contributed by atoms with van der Waals surface area (Å²) in [5, 5.41) is 43.3. The fraction of sp³-hybridized carbons (Fsp3) is 0.543. The van der Waals surface area contributed by atoms with E-state index in [9.17, 15) is 34.5 Å². The molecule has 4 aliphatic rings. The Balaban J connectivity index is 0.00000239. The molecule has 2 aliphatic heterocycles. The Morgan fingerprint density at radius 2 is 1.78 bits per heavy atom. The van der Waals surface area contributed by atoms with Crippen molar-refractivity contribution in [2.45, 2.75) is 76.8 Å². The van der Waals surface area contributed by atoms with Gasteiger partial charge in [-0.3, -0.25) is 24.5 Å². The molecule has 0 spiro atoms. The molecule has 0 bridgehead atoms. The van der Waals surface area contributed by atoms with Crippen LogP contribution in [0.3, 0.4) is 0 Å². The van der Waals surface area contributed by atoms with E-state index in [2.05, 4.69) is 16.0 Å². The number of carbonyl (C=O) groups excluding carboxylic acids is 4. The van der Waals surface area contributed by atoms with Gasteiger partial charge in [-0.25, -0.2) is 0 Å². The molecule has 2 fully saturated rings. The van der Waals surface area contributed by atoms with Gasteiger partial charge < -0.3 is 49.6 Å². The average molecular weight is 700 g/mol. The second kappa shape index (κ2) is 15.8. The van der Waals surface area contributed by atoms with E-state index in [-0.39, 0.29) is 46.9 Å². The minimum Gasteiger partial charge on any atom is -0.507 e. The number of nitrogens with one attached hydrogen (secondary N) is 3. The number of rotatable bonds is 9. The molecule has 0 saturated carbocycles. The molecule has 2 unspecified atom stereocenters. The van der Waals surface area contributed by atoms with Gasteiger partial charge in [-0.05, 0) is 19.4 Å². The maximum atomic E-state index is 13.9. The summed E-state index contributed by atoms with van der Waals surface area (Å²) in [4.78, 5) is 53.1. The molecule has 272 valence electrons. The highest BCUT2D eigenvalue weighted by atomic mass is 16.7. The second-order valence-corrected chi connectivity index (χ2v) is 12.2. The molecule has 2 heterocycles. The molecule has 15 nitrogen and oxygen atoms in total. The number of fused-ring (bicyclic) bond motifs is 3. The lowest BCUT2D eigenvalue weighted by Crippen LogP contribution is -2.53. The Kier molecular flexibility index (Phi) is 11.8. The summed E-state index contributed by atoms with van der Waals surface area (Å²) in [7, 11) is 1.34. The number of ketones is 2. The van der Waals surface area contributed by atoms with Crippen LogP contribution in [0.4, 0.5) is 0 Å². The maximum absolute atomic E-state index is 13.9. The zero-order valence-electron chi connectivity index (χ0n) is 28.6. The van der Waals surface area contributed by atoms with Gasteiger partial charge in [0.2, 0.25) is 11.7 Å². The topological polar surface area (TPSA) is 211 Å². The number of carbonyl (C=O) groups is 4. The van der Waals surface area contributed by atoms with E-state index in [1.165, 1.54) is 25.3 Å². The normalized spacial score (nSPS) is 25.6. The van der Waals surface area contributed by atoms with E-state index < -0.39 is 83.4 Å². The van der Waals surface area contributed by atoms with Crippen LogP contribution in [-0.2, 0) is 35.0 Å². The van der Waals surface area contributed by atoms with Crippen molar-refractivity contribution in [3.05, 3.63) is 51.6 Å². The van der Waals surface area contributed by atoms with Gasteiger partial charge in [0, 0.05) is 49.0 Å². The van der Waals surface area contributed by atoms with E-state index in [1.54, 1.807) is 6.92 Å². The Labute approximate surface area is 289 Å². The van der Waals surface area contributed by atoms with Crippen LogP contribution in [-0.4, -0.2) is 109 Å². The van der Waals surface area contributed by atoms with Crippen LogP contribution in [0.25, 0.3) is 0 Å². The van der Waals surface area contributed by atoms with E-state index in [1.807, 2.05) is 13.8 Å². The first-order valence-corrected chi connectivity index (χ1v) is 16.9. The van der Waals surface area contributed by atoms with Crippen LogP contribution < -0.4 is 20.7 Å². The minimum absolute atomic E-state index is 0.0394. The first-order chi connectivity index (χ1) is 24.1. The van der Waals surface area contributed by atoms with Gasteiger partial charge in [-0.1, -0.05) is 26.0 Å². The summed E-state index contributed by atoms with van der Waals surface area (Å²) in [6.45, 7) is 7.45. The van der Waals surface area contributed by atoms with E-state index >= 15 is 0 Å². The Bertz CT molecular complexity index is 1620. The first-order valence-electron chi connectivity index (χ1n) is 16.9. The van der Waals surface area contributed by atoms with Crippen molar-refractivity contribution in [3.8, 4) is 17.2 Å². The van der Waals surface area contributed by atoms with Crippen molar-refractivity contribution >= 4 is 23.4 Å². The lowest BCUT2D eigenvalue weighted by atomic mass is 9.72. The van der Waals surface area contributed by atoms with E-state index in [0.29, 0.717) is 39.1 Å². The van der Waals surface area contributed by atoms with Crippen molar-refractivity contribution in [1.82, 2.24) is 16.0 Å². The van der Waals surface area contributed by atoms with Gasteiger partial charge in [-0.2, -0.15) is 0 Å². The largest absolute Gasteiger partial charge is 0.507 e. The SMILES string of the molecule is CC.CCNC(=O)CNC(=O)[C@]1(O)Cc2c(O)c3c(c(O)c2[C@@H](OC2CC[C@H](OC4COCCN4)CO2)C1)C(=O)c1c(OC)cccc1C3=O. The number of hydrogen-bond acceptors (Lipinski definition) is 13. The highest BCUT2D eigenvalue weighted by Crippen LogP contribution is 2.52. The van der Waals surface area contributed by atoms with Gasteiger partial charge in [0.05, 0.1) is 62.4 Å². The van der Waals surface area contributed by atoms with Crippen LogP contribution in [0, 0.1) is 0 Å². The molecular formula is C35H45N3O12. The van der Waals surface area contributed by atoms with Crippen molar-refractivity contribution in [1.29, 1.82) is 0 Å². The number of methoxy groups -OCH3 is 1. The highest BCUT2D eigenvalue weighted by Gasteiger charge is 2.50. The van der Waals surface area contributed by atoms with E-state index in [0.717, 1.165) is 0 Å². The molecule has 50 heavy (non-hydrogen) atoms. The van der Waals surface area contributed by atoms with Gasteiger partial charge in [0.1, 0.15) is 29.1 Å². The van der Waals surface area contributed by atoms with Crippen molar-refractivity contribution in [2.75, 3.05) is 46.6 Å². The fourth-order valence-electron chi connectivity index (χ4n) is 6.75. The number of aliphatic hydroxyl groups is 1. The van der Waals surface area contributed by atoms with Crippen molar-refractivity contribution < 1.29 is 58.2 Å². The van der Waals surface area contributed by atoms with E-state index in [4.69, 9.17) is 23.7 Å². The highest BCUT2D eigenvalue weighted by molar-refractivity contribution is 6.31. The summed E-state index contributed by atoms with van der Waals surface area (Å²) in [6.07, 6.45) is -2.83. The molecule has 2 amide bonds. The van der Waals surface area contributed by atoms with Crippen LogP contribution in [0.1, 0.15) is 89.1 Å². The molecule has 0 radical (unpaired) electrons. The third kappa shape index (κ3) is 7.20. The molecule has 2 aromatic rings. The number of benzene rings is 2.